The minimum absolute atomic E-state index is 0.144. The Morgan fingerprint density at radius 2 is 1.75 bits per heavy atom. The number of nitriles is 1. The van der Waals surface area contributed by atoms with Crippen molar-refractivity contribution in [3.8, 4) is 17.4 Å². The molecule has 204 valence electrons. The average Bonchev–Trinajstić information content (AvgIpc) is 3.45. The number of nitrogens with two attached hydrogens (primary N) is 1. The second kappa shape index (κ2) is 12.8. The van der Waals surface area contributed by atoms with E-state index in [0.717, 1.165) is 16.2 Å². The number of benzene rings is 3. The predicted octanol–water partition coefficient (Wildman–Crippen LogP) is 5.80. The zero-order chi connectivity index (χ0) is 28.8. The van der Waals surface area contributed by atoms with Gasteiger partial charge in [-0.25, -0.2) is 0 Å². The molecule has 1 heterocycles. The maximum Gasteiger partial charge on any atom is 0.261 e. The molecule has 0 saturated heterocycles. The van der Waals surface area contributed by atoms with E-state index in [1.54, 1.807) is 42.5 Å². The summed E-state index contributed by atoms with van der Waals surface area (Å²) in [6, 6.07) is 25.2. The highest BCUT2D eigenvalue weighted by Crippen LogP contribution is 2.28. The zero-order valence-electron chi connectivity index (χ0n) is 22.6. The van der Waals surface area contributed by atoms with Crippen LogP contribution in [0.2, 0.25) is 5.02 Å². The number of nitrogens with one attached hydrogen (secondary N) is 1. The van der Waals surface area contributed by atoms with Gasteiger partial charge in [0, 0.05) is 18.7 Å². The van der Waals surface area contributed by atoms with Crippen molar-refractivity contribution in [3.05, 3.63) is 117 Å². The van der Waals surface area contributed by atoms with Gasteiger partial charge in [0.1, 0.15) is 11.5 Å². The van der Waals surface area contributed by atoms with Crippen molar-refractivity contribution in [1.82, 2.24) is 10.2 Å². The largest absolute Gasteiger partial charge is 0.460 e. The lowest BCUT2D eigenvalue weighted by Gasteiger charge is -2.20. The van der Waals surface area contributed by atoms with E-state index in [0.29, 0.717) is 23.4 Å². The third-order valence-corrected chi connectivity index (χ3v) is 7.12. The van der Waals surface area contributed by atoms with Gasteiger partial charge in [0.2, 0.25) is 5.91 Å². The quantitative estimate of drug-likeness (QED) is 0.270. The van der Waals surface area contributed by atoms with E-state index in [4.69, 9.17) is 27.0 Å². The lowest BCUT2D eigenvalue weighted by atomic mass is 10.0. The van der Waals surface area contributed by atoms with Crippen LogP contribution in [0.1, 0.15) is 51.3 Å². The summed E-state index contributed by atoms with van der Waals surface area (Å²) in [5.41, 5.74) is 10.7. The molecule has 0 aliphatic carbocycles. The van der Waals surface area contributed by atoms with E-state index >= 15 is 0 Å². The Morgan fingerprint density at radius 3 is 2.42 bits per heavy atom. The van der Waals surface area contributed by atoms with Crippen LogP contribution in [-0.4, -0.2) is 29.8 Å². The molecule has 7 nitrogen and oxygen atoms in total. The summed E-state index contributed by atoms with van der Waals surface area (Å²) in [6.07, 6.45) is 0.224. The molecule has 1 aromatic heterocycles. The van der Waals surface area contributed by atoms with Crippen LogP contribution in [0, 0.1) is 18.3 Å². The number of halogens is 1. The van der Waals surface area contributed by atoms with Crippen LogP contribution < -0.4 is 11.1 Å². The Labute approximate surface area is 239 Å². The minimum Gasteiger partial charge on any atom is -0.460 e. The van der Waals surface area contributed by atoms with Gasteiger partial charge in [-0.1, -0.05) is 53.6 Å². The Hall–Kier alpha value is -4.22. The van der Waals surface area contributed by atoms with E-state index in [1.165, 1.54) is 18.2 Å². The molecule has 3 aromatic carbocycles. The normalized spacial score (nSPS) is 12.4. The Balaban J connectivity index is 1.42. The summed E-state index contributed by atoms with van der Waals surface area (Å²) < 4.78 is 6.04. The molecule has 0 fully saturated rings. The first-order valence-electron chi connectivity index (χ1n) is 12.9. The van der Waals surface area contributed by atoms with Gasteiger partial charge in [0.25, 0.3) is 5.91 Å². The van der Waals surface area contributed by atoms with Gasteiger partial charge in [-0.05, 0) is 73.9 Å². The van der Waals surface area contributed by atoms with Crippen LogP contribution in [0.15, 0.2) is 83.3 Å². The summed E-state index contributed by atoms with van der Waals surface area (Å²) >= 11 is 6.37. The lowest BCUT2D eigenvalue weighted by molar-refractivity contribution is -0.128. The fraction of sp³-hybridized carbons (Fsp3) is 0.219. The number of rotatable bonds is 9. The van der Waals surface area contributed by atoms with Crippen molar-refractivity contribution < 1.29 is 14.0 Å². The molecule has 0 aliphatic rings. The topological polar surface area (TPSA) is 112 Å². The smallest absolute Gasteiger partial charge is 0.261 e. The zero-order valence-corrected chi connectivity index (χ0v) is 23.4. The van der Waals surface area contributed by atoms with Gasteiger partial charge in [0.15, 0.2) is 0 Å². The second-order valence-electron chi connectivity index (χ2n) is 9.80. The highest BCUT2D eigenvalue weighted by molar-refractivity contribution is 6.34. The minimum atomic E-state index is -0.939. The number of carbonyl (C=O) groups excluding carboxylic acids is 2. The van der Waals surface area contributed by atoms with E-state index in [9.17, 15) is 9.59 Å². The summed E-state index contributed by atoms with van der Waals surface area (Å²) in [5, 5.41) is 12.6. The third-order valence-electron chi connectivity index (χ3n) is 6.79. The van der Waals surface area contributed by atoms with Crippen LogP contribution >= 0.6 is 11.6 Å². The lowest BCUT2D eigenvalue weighted by Crippen LogP contribution is -2.45. The predicted molar refractivity (Wildman–Crippen MR) is 156 cm³/mol. The van der Waals surface area contributed by atoms with E-state index in [2.05, 4.69) is 43.4 Å². The highest BCUT2D eigenvalue weighted by atomic mass is 35.5. The number of likely N-dealkylation sites (N-methyl/N-ethyl adjacent to an activating group) is 1. The molecule has 4 aromatic rings. The second-order valence-corrected chi connectivity index (χ2v) is 10.2. The first-order chi connectivity index (χ1) is 19.2. The molecule has 2 amide bonds. The van der Waals surface area contributed by atoms with E-state index in [1.807, 2.05) is 18.2 Å². The van der Waals surface area contributed by atoms with Gasteiger partial charge in [0.05, 0.1) is 34.8 Å². The summed E-state index contributed by atoms with van der Waals surface area (Å²) in [6.45, 7) is 4.69. The van der Waals surface area contributed by atoms with Crippen molar-refractivity contribution in [2.75, 3.05) is 7.05 Å². The Kier molecular flexibility index (Phi) is 9.18. The number of nitrogens with zero attached hydrogens (tertiary/aromatic N) is 2. The van der Waals surface area contributed by atoms with E-state index < -0.39 is 17.9 Å². The van der Waals surface area contributed by atoms with Crippen molar-refractivity contribution in [3.63, 3.8) is 0 Å². The van der Waals surface area contributed by atoms with Crippen LogP contribution in [0.25, 0.3) is 11.3 Å². The molecule has 4 rings (SSSR count). The molecule has 40 heavy (non-hydrogen) atoms. The number of hydrogen-bond donors (Lipinski definition) is 2. The van der Waals surface area contributed by atoms with E-state index in [-0.39, 0.29) is 23.0 Å². The summed E-state index contributed by atoms with van der Waals surface area (Å²) in [5.74, 6) is 0.229. The molecule has 0 saturated carbocycles. The number of hydrogen-bond acceptors (Lipinski definition) is 6. The van der Waals surface area contributed by atoms with Gasteiger partial charge in [-0.2, -0.15) is 5.26 Å². The molecular weight excluding hydrogens is 524 g/mol. The molecule has 0 spiro atoms. The molecule has 0 aliphatic heterocycles. The van der Waals surface area contributed by atoms with Crippen LogP contribution in [0.4, 0.5) is 0 Å². The maximum atomic E-state index is 13.3. The first-order valence-corrected chi connectivity index (χ1v) is 13.3. The summed E-state index contributed by atoms with van der Waals surface area (Å²) in [4.78, 5) is 27.2. The van der Waals surface area contributed by atoms with Gasteiger partial charge in [-0.15, -0.1) is 0 Å². The van der Waals surface area contributed by atoms with Crippen molar-refractivity contribution in [1.29, 1.82) is 5.26 Å². The molecule has 2 atom stereocenters. The fourth-order valence-corrected chi connectivity index (χ4v) is 4.48. The van der Waals surface area contributed by atoms with Crippen LogP contribution in [-0.2, 0) is 17.8 Å². The summed E-state index contributed by atoms with van der Waals surface area (Å²) in [7, 11) is 1.39. The number of imide groups is 1. The highest BCUT2D eigenvalue weighted by Gasteiger charge is 2.26. The van der Waals surface area contributed by atoms with Crippen LogP contribution in [0.3, 0.4) is 0 Å². The number of aryl methyl sites for hydroxylation is 1. The van der Waals surface area contributed by atoms with Crippen molar-refractivity contribution in [2.45, 2.75) is 38.9 Å². The van der Waals surface area contributed by atoms with Crippen LogP contribution in [0.5, 0.6) is 0 Å². The monoisotopic (exact) mass is 554 g/mol. The molecule has 3 N–H and O–H groups in total. The fourth-order valence-electron chi connectivity index (χ4n) is 4.28. The Bertz CT molecular complexity index is 1540. The number of furan rings is 1. The average molecular weight is 555 g/mol. The van der Waals surface area contributed by atoms with Gasteiger partial charge in [-0.3, -0.25) is 14.5 Å². The number of carbonyl (C=O) groups is 2. The van der Waals surface area contributed by atoms with Gasteiger partial charge < -0.3 is 15.5 Å². The number of amides is 2. The standard InChI is InChI=1S/C32H31ClN4O3/c1-20-4-10-24(11-5-20)21(2)36-19-26-13-15-30(40-26)25-12-14-28(33)27(17-25)31(38)37(3)32(39)29(35)16-22-6-8-23(18-34)9-7-22/h4-15,17,21,29,36H,16,19,35H2,1-3H3/t21-,29-/m1/s1. The Morgan fingerprint density at radius 1 is 1.05 bits per heavy atom. The van der Waals surface area contributed by atoms with Crippen molar-refractivity contribution in [2.24, 2.45) is 5.73 Å². The first kappa shape index (κ1) is 28.8. The van der Waals surface area contributed by atoms with Gasteiger partial charge >= 0.3 is 0 Å². The molecule has 0 radical (unpaired) electrons. The molecule has 0 bridgehead atoms. The molecule has 8 heteroatoms. The maximum absolute atomic E-state index is 13.3. The SMILES string of the molecule is Cc1ccc([C@@H](C)NCc2ccc(-c3ccc(Cl)c(C(=O)N(C)C(=O)[C@H](N)Cc4ccc(C#N)cc4)c3)o2)cc1. The molecular formula is C32H31ClN4O3. The third kappa shape index (κ3) is 6.85. The molecule has 0 unspecified atom stereocenters. The van der Waals surface area contributed by atoms with Crippen molar-refractivity contribution >= 4 is 23.4 Å².